The summed E-state index contributed by atoms with van der Waals surface area (Å²) in [7, 11) is 3.86. The SMILES string of the molecule is CN(C)c1nnc(COc2ccccc2N)s1. The minimum Gasteiger partial charge on any atom is -0.484 e. The van der Waals surface area contributed by atoms with Crippen LogP contribution in [0.2, 0.25) is 0 Å². The van der Waals surface area contributed by atoms with Crippen molar-refractivity contribution in [3.63, 3.8) is 0 Å². The zero-order chi connectivity index (χ0) is 12.3. The zero-order valence-electron chi connectivity index (χ0n) is 9.75. The van der Waals surface area contributed by atoms with E-state index >= 15 is 0 Å². The molecule has 2 rings (SSSR count). The van der Waals surface area contributed by atoms with E-state index in [4.69, 9.17) is 10.5 Å². The van der Waals surface area contributed by atoms with Crippen LogP contribution in [-0.2, 0) is 6.61 Å². The Hall–Kier alpha value is -1.82. The van der Waals surface area contributed by atoms with Gasteiger partial charge in [-0.15, -0.1) is 10.2 Å². The summed E-state index contributed by atoms with van der Waals surface area (Å²) in [5.41, 5.74) is 6.40. The average Bonchev–Trinajstić information content (AvgIpc) is 2.77. The van der Waals surface area contributed by atoms with E-state index in [1.54, 1.807) is 6.07 Å². The molecule has 0 spiro atoms. The van der Waals surface area contributed by atoms with Crippen molar-refractivity contribution in [2.45, 2.75) is 6.61 Å². The molecule has 5 nitrogen and oxygen atoms in total. The number of nitrogens with two attached hydrogens (primary N) is 1. The van der Waals surface area contributed by atoms with Crippen LogP contribution in [0.25, 0.3) is 0 Å². The van der Waals surface area contributed by atoms with Crippen molar-refractivity contribution in [2.24, 2.45) is 0 Å². The fraction of sp³-hybridized carbons (Fsp3) is 0.273. The minimum atomic E-state index is 0.389. The topological polar surface area (TPSA) is 64.3 Å². The molecular weight excluding hydrogens is 236 g/mol. The van der Waals surface area contributed by atoms with Crippen LogP contribution < -0.4 is 15.4 Å². The van der Waals surface area contributed by atoms with Gasteiger partial charge in [0.2, 0.25) is 5.13 Å². The summed E-state index contributed by atoms with van der Waals surface area (Å²) in [6.45, 7) is 0.389. The van der Waals surface area contributed by atoms with Crippen LogP contribution in [0.4, 0.5) is 10.8 Å². The van der Waals surface area contributed by atoms with Gasteiger partial charge < -0.3 is 15.4 Å². The van der Waals surface area contributed by atoms with Gasteiger partial charge in [0, 0.05) is 14.1 Å². The van der Waals surface area contributed by atoms with Crippen molar-refractivity contribution in [2.75, 3.05) is 24.7 Å². The van der Waals surface area contributed by atoms with Crippen molar-refractivity contribution in [1.29, 1.82) is 0 Å². The number of benzene rings is 1. The summed E-state index contributed by atoms with van der Waals surface area (Å²) in [5, 5.41) is 9.77. The molecule has 0 radical (unpaired) electrons. The number of anilines is 2. The maximum Gasteiger partial charge on any atom is 0.207 e. The molecule has 0 bridgehead atoms. The highest BCUT2D eigenvalue weighted by molar-refractivity contribution is 7.15. The van der Waals surface area contributed by atoms with Gasteiger partial charge >= 0.3 is 0 Å². The Morgan fingerprint density at radius 3 is 2.71 bits per heavy atom. The summed E-state index contributed by atoms with van der Waals surface area (Å²) in [6, 6.07) is 7.40. The molecule has 0 aliphatic heterocycles. The molecule has 0 fully saturated rings. The number of nitrogens with zero attached hydrogens (tertiary/aromatic N) is 3. The van der Waals surface area contributed by atoms with Crippen LogP contribution in [0.3, 0.4) is 0 Å². The van der Waals surface area contributed by atoms with Crippen molar-refractivity contribution in [3.05, 3.63) is 29.3 Å². The highest BCUT2D eigenvalue weighted by Gasteiger charge is 2.07. The van der Waals surface area contributed by atoms with Gasteiger partial charge in [0.15, 0.2) is 5.01 Å². The van der Waals surface area contributed by atoms with E-state index in [1.807, 2.05) is 37.2 Å². The first-order valence-electron chi connectivity index (χ1n) is 5.14. The van der Waals surface area contributed by atoms with Gasteiger partial charge in [-0.05, 0) is 12.1 Å². The summed E-state index contributed by atoms with van der Waals surface area (Å²) >= 11 is 1.50. The van der Waals surface area contributed by atoms with Crippen LogP contribution in [0.15, 0.2) is 24.3 Å². The normalized spacial score (nSPS) is 10.2. The molecule has 0 saturated carbocycles. The second kappa shape index (κ2) is 5.01. The van der Waals surface area contributed by atoms with Crippen LogP contribution >= 0.6 is 11.3 Å². The van der Waals surface area contributed by atoms with Crippen LogP contribution in [0, 0.1) is 0 Å². The number of hydrogen-bond donors (Lipinski definition) is 1. The monoisotopic (exact) mass is 250 g/mol. The van der Waals surface area contributed by atoms with E-state index in [2.05, 4.69) is 10.2 Å². The molecule has 17 heavy (non-hydrogen) atoms. The third-order valence-electron chi connectivity index (χ3n) is 2.11. The molecule has 0 amide bonds. The molecule has 2 N–H and O–H groups in total. The van der Waals surface area contributed by atoms with Crippen molar-refractivity contribution in [3.8, 4) is 5.75 Å². The Kier molecular flexibility index (Phi) is 3.43. The molecule has 2 aromatic rings. The van der Waals surface area contributed by atoms with E-state index in [-0.39, 0.29) is 0 Å². The second-order valence-corrected chi connectivity index (χ2v) is 4.74. The lowest BCUT2D eigenvalue weighted by Crippen LogP contribution is -2.07. The molecule has 0 saturated heterocycles. The summed E-state index contributed by atoms with van der Waals surface area (Å²) in [5.74, 6) is 0.675. The van der Waals surface area contributed by atoms with E-state index in [1.165, 1.54) is 11.3 Å². The Labute approximate surface area is 104 Å². The quantitative estimate of drug-likeness (QED) is 0.838. The fourth-order valence-electron chi connectivity index (χ4n) is 1.24. The van der Waals surface area contributed by atoms with Crippen molar-refractivity contribution < 1.29 is 4.74 Å². The summed E-state index contributed by atoms with van der Waals surface area (Å²) < 4.78 is 5.58. The number of ether oxygens (including phenoxy) is 1. The van der Waals surface area contributed by atoms with Gasteiger partial charge in [-0.1, -0.05) is 23.5 Å². The summed E-state index contributed by atoms with van der Waals surface area (Å²) in [4.78, 5) is 1.91. The summed E-state index contributed by atoms with van der Waals surface area (Å²) in [6.07, 6.45) is 0. The lowest BCUT2D eigenvalue weighted by Gasteiger charge is -2.06. The standard InChI is InChI=1S/C11H14N4OS/c1-15(2)11-14-13-10(17-11)7-16-9-6-4-3-5-8(9)12/h3-6H,7,12H2,1-2H3. The molecule has 0 unspecified atom stereocenters. The van der Waals surface area contributed by atoms with Gasteiger partial charge in [-0.3, -0.25) is 0 Å². The van der Waals surface area contributed by atoms with E-state index < -0.39 is 0 Å². The smallest absolute Gasteiger partial charge is 0.207 e. The number of hydrogen-bond acceptors (Lipinski definition) is 6. The molecule has 1 aromatic heterocycles. The van der Waals surface area contributed by atoms with E-state index in [0.717, 1.165) is 10.1 Å². The maximum absolute atomic E-state index is 5.77. The largest absolute Gasteiger partial charge is 0.484 e. The molecule has 1 heterocycles. The molecule has 1 aromatic carbocycles. The lowest BCUT2D eigenvalue weighted by atomic mass is 10.3. The van der Waals surface area contributed by atoms with Gasteiger partial charge in [-0.25, -0.2) is 0 Å². The first-order valence-corrected chi connectivity index (χ1v) is 5.95. The van der Waals surface area contributed by atoms with E-state index in [9.17, 15) is 0 Å². The van der Waals surface area contributed by atoms with Gasteiger partial charge in [0.25, 0.3) is 0 Å². The highest BCUT2D eigenvalue weighted by atomic mass is 32.1. The van der Waals surface area contributed by atoms with Crippen LogP contribution in [0.5, 0.6) is 5.75 Å². The number of para-hydroxylation sites is 2. The lowest BCUT2D eigenvalue weighted by molar-refractivity contribution is 0.306. The predicted molar refractivity (Wildman–Crippen MR) is 69.4 cm³/mol. The first-order chi connectivity index (χ1) is 8.16. The fourth-order valence-corrected chi connectivity index (χ4v) is 1.91. The number of nitrogen functional groups attached to an aromatic ring is 1. The number of rotatable bonds is 4. The first kappa shape index (κ1) is 11.7. The van der Waals surface area contributed by atoms with Gasteiger partial charge in [0.05, 0.1) is 5.69 Å². The third-order valence-corrected chi connectivity index (χ3v) is 3.17. The Morgan fingerprint density at radius 2 is 2.06 bits per heavy atom. The zero-order valence-corrected chi connectivity index (χ0v) is 10.6. The average molecular weight is 250 g/mol. The van der Waals surface area contributed by atoms with Gasteiger partial charge in [0.1, 0.15) is 12.4 Å². The highest BCUT2D eigenvalue weighted by Crippen LogP contribution is 2.23. The van der Waals surface area contributed by atoms with Crippen molar-refractivity contribution in [1.82, 2.24) is 10.2 Å². The molecule has 0 aliphatic carbocycles. The minimum absolute atomic E-state index is 0.389. The molecule has 6 heteroatoms. The van der Waals surface area contributed by atoms with Crippen LogP contribution in [0.1, 0.15) is 5.01 Å². The van der Waals surface area contributed by atoms with Gasteiger partial charge in [-0.2, -0.15) is 0 Å². The van der Waals surface area contributed by atoms with Crippen molar-refractivity contribution >= 4 is 22.2 Å². The number of aromatic nitrogens is 2. The van der Waals surface area contributed by atoms with Crippen LogP contribution in [-0.4, -0.2) is 24.3 Å². The molecular formula is C11H14N4OS. The molecule has 90 valence electrons. The maximum atomic E-state index is 5.77. The Balaban J connectivity index is 2.00. The second-order valence-electron chi connectivity index (χ2n) is 3.70. The Bertz CT molecular complexity index is 498. The molecule has 0 atom stereocenters. The van der Waals surface area contributed by atoms with E-state index in [0.29, 0.717) is 18.0 Å². The Morgan fingerprint density at radius 1 is 1.29 bits per heavy atom. The predicted octanol–water partition coefficient (Wildman–Crippen LogP) is 1.77. The molecule has 0 aliphatic rings. The third kappa shape index (κ3) is 2.85.